The minimum Gasteiger partial charge on any atom is -0.381 e. The van der Waals surface area contributed by atoms with Gasteiger partial charge in [-0.3, -0.25) is 4.68 Å². The van der Waals surface area contributed by atoms with E-state index in [0.717, 1.165) is 30.8 Å². The molecule has 2 aromatic rings. The van der Waals surface area contributed by atoms with Crippen LogP contribution >= 0.6 is 11.6 Å². The van der Waals surface area contributed by atoms with Crippen molar-refractivity contribution in [3.8, 4) is 0 Å². The minimum atomic E-state index is 0.497. The molecule has 0 amide bonds. The molecule has 2 aromatic heterocycles. The maximum atomic E-state index is 5.80. The summed E-state index contributed by atoms with van der Waals surface area (Å²) in [5.74, 6) is 0. The summed E-state index contributed by atoms with van der Waals surface area (Å²) in [5.41, 5.74) is 2.12. The smallest absolute Gasteiger partial charge is 0.131 e. The zero-order chi connectivity index (χ0) is 12.1. The Hall–Kier alpha value is -1.55. The Morgan fingerprint density at radius 3 is 3.12 bits per heavy atom. The van der Waals surface area contributed by atoms with Gasteiger partial charge in [-0.15, -0.1) is 0 Å². The van der Waals surface area contributed by atoms with E-state index in [1.54, 1.807) is 12.3 Å². The third kappa shape index (κ3) is 3.46. The number of nitrogens with one attached hydrogen (secondary N) is 1. The third-order valence-electron chi connectivity index (χ3n) is 2.36. The second-order valence-corrected chi connectivity index (χ2v) is 4.22. The molecular formula is C12H15ClN4. The van der Waals surface area contributed by atoms with E-state index in [0.29, 0.717) is 5.15 Å². The van der Waals surface area contributed by atoms with Gasteiger partial charge in [-0.05, 0) is 18.6 Å². The van der Waals surface area contributed by atoms with Gasteiger partial charge < -0.3 is 5.32 Å². The number of pyridine rings is 1. The lowest BCUT2D eigenvalue weighted by molar-refractivity contribution is 0.602. The van der Waals surface area contributed by atoms with E-state index in [2.05, 4.69) is 28.5 Å². The molecule has 0 aliphatic carbocycles. The molecule has 90 valence electrons. The first kappa shape index (κ1) is 11.9. The Labute approximate surface area is 106 Å². The Bertz CT molecular complexity index is 481. The van der Waals surface area contributed by atoms with Crippen LogP contribution in [-0.2, 0) is 13.1 Å². The lowest BCUT2D eigenvalue weighted by Gasteiger charge is -2.04. The number of rotatable bonds is 5. The molecule has 2 heterocycles. The van der Waals surface area contributed by atoms with Crippen molar-refractivity contribution in [2.45, 2.75) is 26.4 Å². The molecule has 0 radical (unpaired) electrons. The predicted octanol–water partition coefficient (Wildman–Crippen LogP) is 2.95. The molecule has 0 aromatic carbocycles. The number of aryl methyl sites for hydroxylation is 1. The average molecular weight is 251 g/mol. The quantitative estimate of drug-likeness (QED) is 0.830. The Kier molecular flexibility index (Phi) is 3.98. The fraction of sp³-hybridized carbons (Fsp3) is 0.333. The van der Waals surface area contributed by atoms with Crippen LogP contribution in [0.5, 0.6) is 0 Å². The summed E-state index contributed by atoms with van der Waals surface area (Å²) in [7, 11) is 0. The van der Waals surface area contributed by atoms with Crippen LogP contribution in [0, 0.1) is 0 Å². The van der Waals surface area contributed by atoms with Crippen LogP contribution in [0.3, 0.4) is 0 Å². The van der Waals surface area contributed by atoms with E-state index in [1.807, 2.05) is 16.9 Å². The number of anilines is 1. The minimum absolute atomic E-state index is 0.497. The van der Waals surface area contributed by atoms with Crippen LogP contribution in [0.1, 0.15) is 18.9 Å². The number of hydrogen-bond acceptors (Lipinski definition) is 3. The number of halogens is 1. The van der Waals surface area contributed by atoms with Crippen LogP contribution in [-0.4, -0.2) is 14.8 Å². The van der Waals surface area contributed by atoms with Crippen LogP contribution in [0.4, 0.5) is 5.69 Å². The molecule has 2 rings (SSSR count). The van der Waals surface area contributed by atoms with Crippen LogP contribution in [0.15, 0.2) is 30.7 Å². The van der Waals surface area contributed by atoms with Crippen molar-refractivity contribution in [1.82, 2.24) is 14.8 Å². The van der Waals surface area contributed by atoms with E-state index >= 15 is 0 Å². The van der Waals surface area contributed by atoms with E-state index in [4.69, 9.17) is 11.6 Å². The number of hydrogen-bond donors (Lipinski definition) is 1. The summed E-state index contributed by atoms with van der Waals surface area (Å²) in [5, 5.41) is 8.05. The van der Waals surface area contributed by atoms with Crippen molar-refractivity contribution in [3.63, 3.8) is 0 Å². The molecule has 4 nitrogen and oxygen atoms in total. The SMILES string of the molecule is CCCn1cc(CNc2ccnc(Cl)c2)cn1. The summed E-state index contributed by atoms with van der Waals surface area (Å²) < 4.78 is 1.95. The maximum absolute atomic E-state index is 5.80. The zero-order valence-electron chi connectivity index (χ0n) is 9.73. The molecule has 0 atom stereocenters. The van der Waals surface area contributed by atoms with Crippen LogP contribution in [0.2, 0.25) is 5.15 Å². The zero-order valence-corrected chi connectivity index (χ0v) is 10.5. The largest absolute Gasteiger partial charge is 0.381 e. The third-order valence-corrected chi connectivity index (χ3v) is 2.57. The van der Waals surface area contributed by atoms with Gasteiger partial charge in [0.2, 0.25) is 0 Å². The molecule has 1 N–H and O–H groups in total. The maximum Gasteiger partial charge on any atom is 0.131 e. The van der Waals surface area contributed by atoms with Crippen molar-refractivity contribution < 1.29 is 0 Å². The molecule has 0 aliphatic rings. The van der Waals surface area contributed by atoms with Gasteiger partial charge in [0.05, 0.1) is 6.20 Å². The van der Waals surface area contributed by atoms with Gasteiger partial charge in [0.15, 0.2) is 0 Å². The number of nitrogens with zero attached hydrogens (tertiary/aromatic N) is 3. The van der Waals surface area contributed by atoms with Gasteiger partial charge in [-0.2, -0.15) is 5.10 Å². The summed E-state index contributed by atoms with van der Waals surface area (Å²) in [6.07, 6.45) is 6.71. The first-order chi connectivity index (χ1) is 8.28. The first-order valence-corrected chi connectivity index (χ1v) is 6.02. The van der Waals surface area contributed by atoms with E-state index in [9.17, 15) is 0 Å². The van der Waals surface area contributed by atoms with Crippen molar-refractivity contribution in [3.05, 3.63) is 41.4 Å². The highest BCUT2D eigenvalue weighted by Crippen LogP contribution is 2.13. The van der Waals surface area contributed by atoms with Gasteiger partial charge in [0.25, 0.3) is 0 Å². The van der Waals surface area contributed by atoms with Gasteiger partial charge in [0, 0.05) is 36.7 Å². The monoisotopic (exact) mass is 250 g/mol. The highest BCUT2D eigenvalue weighted by atomic mass is 35.5. The molecule has 17 heavy (non-hydrogen) atoms. The van der Waals surface area contributed by atoms with Crippen molar-refractivity contribution in [2.75, 3.05) is 5.32 Å². The lowest BCUT2D eigenvalue weighted by Crippen LogP contribution is -1.99. The second kappa shape index (κ2) is 5.68. The van der Waals surface area contributed by atoms with Gasteiger partial charge in [0.1, 0.15) is 5.15 Å². The fourth-order valence-corrected chi connectivity index (χ4v) is 1.74. The molecule has 0 saturated carbocycles. The average Bonchev–Trinajstić information content (AvgIpc) is 2.75. The van der Waals surface area contributed by atoms with Crippen LogP contribution in [0.25, 0.3) is 0 Å². The highest BCUT2D eigenvalue weighted by molar-refractivity contribution is 6.29. The summed E-state index contributed by atoms with van der Waals surface area (Å²) in [6.45, 7) is 3.84. The predicted molar refractivity (Wildman–Crippen MR) is 69.1 cm³/mol. The lowest BCUT2D eigenvalue weighted by atomic mass is 10.3. The fourth-order valence-electron chi connectivity index (χ4n) is 1.57. The Morgan fingerprint density at radius 2 is 2.35 bits per heavy atom. The molecule has 0 bridgehead atoms. The highest BCUT2D eigenvalue weighted by Gasteiger charge is 1.99. The Morgan fingerprint density at radius 1 is 1.47 bits per heavy atom. The molecule has 0 spiro atoms. The molecule has 0 aliphatic heterocycles. The molecule has 0 unspecified atom stereocenters. The summed E-state index contributed by atoms with van der Waals surface area (Å²) >= 11 is 5.80. The van der Waals surface area contributed by atoms with Gasteiger partial charge in [-0.1, -0.05) is 18.5 Å². The standard InChI is InChI=1S/C12H15ClN4/c1-2-5-17-9-10(8-16-17)7-15-11-3-4-14-12(13)6-11/h3-4,6,8-9H,2,5,7H2,1H3,(H,14,15). The van der Waals surface area contributed by atoms with E-state index in [-0.39, 0.29) is 0 Å². The summed E-state index contributed by atoms with van der Waals surface area (Å²) in [4.78, 5) is 3.93. The van der Waals surface area contributed by atoms with Crippen molar-refractivity contribution in [1.29, 1.82) is 0 Å². The molecule has 0 fully saturated rings. The first-order valence-electron chi connectivity index (χ1n) is 5.64. The normalized spacial score (nSPS) is 10.5. The molecular weight excluding hydrogens is 236 g/mol. The van der Waals surface area contributed by atoms with Gasteiger partial charge >= 0.3 is 0 Å². The van der Waals surface area contributed by atoms with E-state index in [1.165, 1.54) is 0 Å². The number of aromatic nitrogens is 3. The molecule has 5 heteroatoms. The van der Waals surface area contributed by atoms with Crippen LogP contribution < -0.4 is 5.32 Å². The Balaban J connectivity index is 1.93. The van der Waals surface area contributed by atoms with Crippen molar-refractivity contribution in [2.24, 2.45) is 0 Å². The topological polar surface area (TPSA) is 42.7 Å². The van der Waals surface area contributed by atoms with E-state index < -0.39 is 0 Å². The molecule has 0 saturated heterocycles. The summed E-state index contributed by atoms with van der Waals surface area (Å²) in [6, 6.07) is 3.69. The van der Waals surface area contributed by atoms with Gasteiger partial charge in [-0.25, -0.2) is 4.98 Å². The van der Waals surface area contributed by atoms with Crippen molar-refractivity contribution >= 4 is 17.3 Å². The second-order valence-electron chi connectivity index (χ2n) is 3.83.